The van der Waals surface area contributed by atoms with Crippen molar-refractivity contribution < 1.29 is 14.7 Å². The topological polar surface area (TPSA) is 75.4 Å². The zero-order valence-corrected chi connectivity index (χ0v) is 13.1. The molecule has 1 saturated carbocycles. The van der Waals surface area contributed by atoms with Crippen LogP contribution in [0.25, 0.3) is 5.69 Å². The quantitative estimate of drug-likeness (QED) is 0.918. The summed E-state index contributed by atoms with van der Waals surface area (Å²) in [5.41, 5.74) is 2.37. The molecule has 0 spiro atoms. The first-order valence-corrected chi connectivity index (χ1v) is 7.65. The second kappa shape index (κ2) is 5.87. The number of amides is 1. The number of carboxylic acids is 1. The van der Waals surface area contributed by atoms with Crippen molar-refractivity contribution in [3.05, 3.63) is 47.8 Å². The molecule has 120 valence electrons. The summed E-state index contributed by atoms with van der Waals surface area (Å²) in [4.78, 5) is 25.4. The van der Waals surface area contributed by atoms with E-state index in [-0.39, 0.29) is 11.9 Å². The summed E-state index contributed by atoms with van der Waals surface area (Å²) in [6.45, 7) is 3.51. The second-order valence-electron chi connectivity index (χ2n) is 5.89. The average Bonchev–Trinajstić information content (AvgIpc) is 3.28. The predicted molar refractivity (Wildman–Crippen MR) is 84.6 cm³/mol. The molecule has 6 nitrogen and oxygen atoms in total. The van der Waals surface area contributed by atoms with Gasteiger partial charge in [-0.15, -0.1) is 0 Å². The van der Waals surface area contributed by atoms with E-state index in [2.05, 4.69) is 5.10 Å². The minimum absolute atomic E-state index is 0.0432. The molecule has 0 bridgehead atoms. The van der Waals surface area contributed by atoms with E-state index < -0.39 is 12.0 Å². The zero-order chi connectivity index (χ0) is 16.6. The van der Waals surface area contributed by atoms with Crippen molar-refractivity contribution in [2.45, 2.75) is 38.8 Å². The number of nitrogens with zero attached hydrogens (tertiary/aromatic N) is 3. The van der Waals surface area contributed by atoms with Crippen LogP contribution in [0.15, 0.2) is 36.5 Å². The Balaban J connectivity index is 1.84. The maximum absolute atomic E-state index is 12.7. The first-order chi connectivity index (χ1) is 11.0. The lowest BCUT2D eigenvalue weighted by molar-refractivity contribution is -0.141. The van der Waals surface area contributed by atoms with Crippen LogP contribution >= 0.6 is 0 Å². The highest BCUT2D eigenvalue weighted by atomic mass is 16.4. The van der Waals surface area contributed by atoms with Crippen molar-refractivity contribution in [1.29, 1.82) is 0 Å². The lowest BCUT2D eigenvalue weighted by Gasteiger charge is -2.26. The van der Waals surface area contributed by atoms with Crippen molar-refractivity contribution in [3.8, 4) is 5.69 Å². The van der Waals surface area contributed by atoms with Crippen LogP contribution in [0.3, 0.4) is 0 Å². The third kappa shape index (κ3) is 2.97. The van der Waals surface area contributed by atoms with Gasteiger partial charge in [-0.25, -0.2) is 9.48 Å². The molecule has 1 aromatic heterocycles. The van der Waals surface area contributed by atoms with Crippen molar-refractivity contribution in [1.82, 2.24) is 14.7 Å². The van der Waals surface area contributed by atoms with Gasteiger partial charge in [0, 0.05) is 23.5 Å². The van der Waals surface area contributed by atoms with Gasteiger partial charge in [-0.05, 0) is 57.0 Å². The molecule has 0 radical (unpaired) electrons. The smallest absolute Gasteiger partial charge is 0.326 e. The number of carbonyl (C=O) groups is 2. The molecular formula is C17H19N3O3. The molecule has 3 rings (SSSR count). The fourth-order valence-electron chi connectivity index (χ4n) is 2.66. The number of carboxylic acid groups (broad SMARTS) is 1. The van der Waals surface area contributed by atoms with Crippen molar-refractivity contribution in [3.63, 3.8) is 0 Å². The number of aromatic nitrogens is 2. The molecule has 1 unspecified atom stereocenters. The number of rotatable bonds is 5. The third-order valence-corrected chi connectivity index (χ3v) is 4.14. The molecule has 0 saturated heterocycles. The van der Waals surface area contributed by atoms with E-state index >= 15 is 0 Å². The molecule has 1 aliphatic rings. The number of hydrogen-bond donors (Lipinski definition) is 1. The van der Waals surface area contributed by atoms with Crippen LogP contribution in [-0.2, 0) is 4.79 Å². The van der Waals surface area contributed by atoms with E-state index in [1.807, 2.05) is 25.1 Å². The van der Waals surface area contributed by atoms with Gasteiger partial charge in [0.1, 0.15) is 6.04 Å². The number of benzene rings is 1. The molecule has 1 atom stereocenters. The van der Waals surface area contributed by atoms with E-state index in [4.69, 9.17) is 0 Å². The summed E-state index contributed by atoms with van der Waals surface area (Å²) in [6.07, 6.45) is 3.46. The Hall–Kier alpha value is -2.63. The normalized spacial score (nSPS) is 15.2. The lowest BCUT2D eigenvalue weighted by Crippen LogP contribution is -2.44. The first kappa shape index (κ1) is 15.3. The molecule has 6 heteroatoms. The Bertz CT molecular complexity index is 732. The van der Waals surface area contributed by atoms with E-state index in [0.29, 0.717) is 5.56 Å². The lowest BCUT2D eigenvalue weighted by atomic mass is 10.1. The number of hydrogen-bond acceptors (Lipinski definition) is 3. The van der Waals surface area contributed by atoms with E-state index in [9.17, 15) is 14.7 Å². The monoisotopic (exact) mass is 313 g/mol. The van der Waals surface area contributed by atoms with Crippen LogP contribution in [-0.4, -0.2) is 43.7 Å². The molecular weight excluding hydrogens is 294 g/mol. The summed E-state index contributed by atoms with van der Waals surface area (Å²) in [6, 6.07) is 8.23. The predicted octanol–water partition coefficient (Wildman–Crippen LogP) is 2.26. The molecule has 23 heavy (non-hydrogen) atoms. The zero-order valence-electron chi connectivity index (χ0n) is 13.1. The van der Waals surface area contributed by atoms with Gasteiger partial charge in [0.15, 0.2) is 0 Å². The van der Waals surface area contributed by atoms with Crippen LogP contribution in [0, 0.1) is 6.92 Å². The summed E-state index contributed by atoms with van der Waals surface area (Å²) in [7, 11) is 0. The number of aliphatic carboxylic acids is 1. The molecule has 1 aromatic carbocycles. The van der Waals surface area contributed by atoms with E-state index in [1.54, 1.807) is 29.9 Å². The summed E-state index contributed by atoms with van der Waals surface area (Å²) < 4.78 is 1.78. The van der Waals surface area contributed by atoms with Crippen molar-refractivity contribution in [2.24, 2.45) is 0 Å². The highest BCUT2D eigenvalue weighted by molar-refractivity contribution is 5.97. The Morgan fingerprint density at radius 1 is 1.26 bits per heavy atom. The Labute approximate surface area is 134 Å². The first-order valence-electron chi connectivity index (χ1n) is 7.65. The van der Waals surface area contributed by atoms with Gasteiger partial charge < -0.3 is 10.0 Å². The molecule has 2 aromatic rings. The summed E-state index contributed by atoms with van der Waals surface area (Å²) in [5, 5.41) is 13.4. The SMILES string of the molecule is Cc1ccnn1-c1ccc(C(=O)N(C2CC2)C(C)C(=O)O)cc1. The third-order valence-electron chi connectivity index (χ3n) is 4.14. The Morgan fingerprint density at radius 3 is 2.39 bits per heavy atom. The molecule has 0 aliphatic heterocycles. The van der Waals surface area contributed by atoms with Gasteiger partial charge in [0.05, 0.1) is 5.69 Å². The van der Waals surface area contributed by atoms with Gasteiger partial charge in [0.2, 0.25) is 0 Å². The molecule has 1 amide bonds. The van der Waals surface area contributed by atoms with E-state index in [0.717, 1.165) is 24.2 Å². The van der Waals surface area contributed by atoms with Gasteiger partial charge in [-0.2, -0.15) is 5.10 Å². The van der Waals surface area contributed by atoms with Crippen LogP contribution < -0.4 is 0 Å². The van der Waals surface area contributed by atoms with Gasteiger partial charge in [0.25, 0.3) is 5.91 Å². The molecule has 1 aliphatic carbocycles. The minimum atomic E-state index is -0.978. The van der Waals surface area contributed by atoms with Crippen LogP contribution in [0.5, 0.6) is 0 Å². The maximum Gasteiger partial charge on any atom is 0.326 e. The molecule has 1 heterocycles. The molecule has 1 fully saturated rings. The fourth-order valence-corrected chi connectivity index (χ4v) is 2.66. The number of carbonyl (C=O) groups excluding carboxylic acids is 1. The van der Waals surface area contributed by atoms with Crippen LogP contribution in [0.4, 0.5) is 0 Å². The van der Waals surface area contributed by atoms with Gasteiger partial charge in [-0.3, -0.25) is 4.79 Å². The van der Waals surface area contributed by atoms with Crippen molar-refractivity contribution in [2.75, 3.05) is 0 Å². The fraction of sp³-hybridized carbons (Fsp3) is 0.353. The maximum atomic E-state index is 12.7. The van der Waals surface area contributed by atoms with Crippen molar-refractivity contribution >= 4 is 11.9 Å². The Kier molecular flexibility index (Phi) is 3.90. The second-order valence-corrected chi connectivity index (χ2v) is 5.89. The largest absolute Gasteiger partial charge is 0.480 e. The minimum Gasteiger partial charge on any atom is -0.480 e. The summed E-state index contributed by atoms with van der Waals surface area (Å²) >= 11 is 0. The highest BCUT2D eigenvalue weighted by Gasteiger charge is 2.38. The average molecular weight is 313 g/mol. The van der Waals surface area contributed by atoms with E-state index in [1.165, 1.54) is 4.90 Å². The standard InChI is InChI=1S/C17H19N3O3/c1-11-9-10-18-20(11)15-5-3-13(4-6-15)16(21)19(14-7-8-14)12(2)17(22)23/h3-6,9-10,12,14H,7-8H2,1-2H3,(H,22,23). The molecule has 1 N–H and O–H groups in total. The van der Waals surface area contributed by atoms with Gasteiger partial charge >= 0.3 is 5.97 Å². The summed E-state index contributed by atoms with van der Waals surface area (Å²) in [5.74, 6) is -1.21. The Morgan fingerprint density at radius 2 is 1.91 bits per heavy atom. The van der Waals surface area contributed by atoms with Crippen LogP contribution in [0.2, 0.25) is 0 Å². The van der Waals surface area contributed by atoms with Gasteiger partial charge in [-0.1, -0.05) is 0 Å². The highest BCUT2D eigenvalue weighted by Crippen LogP contribution is 2.30. The number of aryl methyl sites for hydroxylation is 1. The van der Waals surface area contributed by atoms with Crippen LogP contribution in [0.1, 0.15) is 35.8 Å².